The van der Waals surface area contributed by atoms with Gasteiger partial charge in [-0.3, -0.25) is 0 Å². The summed E-state index contributed by atoms with van der Waals surface area (Å²) in [6.45, 7) is 4.19. The molecule has 0 radical (unpaired) electrons. The first-order valence-corrected chi connectivity index (χ1v) is 10.3. The molecule has 1 N–H and O–H groups in total. The van der Waals surface area contributed by atoms with E-state index in [-0.39, 0.29) is 36.1 Å². The van der Waals surface area contributed by atoms with E-state index in [1.807, 2.05) is 13.1 Å². The Kier molecular flexibility index (Phi) is 17.5. The third-order valence-corrected chi connectivity index (χ3v) is 4.42. The molecule has 1 aromatic heterocycles. The molecule has 28 heavy (non-hydrogen) atoms. The third kappa shape index (κ3) is 17.7. The van der Waals surface area contributed by atoms with E-state index in [9.17, 15) is 15.0 Å². The minimum absolute atomic E-state index is 0. The summed E-state index contributed by atoms with van der Waals surface area (Å²) in [4.78, 5) is 13.9. The van der Waals surface area contributed by atoms with Crippen LogP contribution < -0.4 is 5.11 Å². The summed E-state index contributed by atoms with van der Waals surface area (Å²) < 4.78 is 2.21. The summed E-state index contributed by atoms with van der Waals surface area (Å²) in [5.74, 6) is -1.00. The summed E-state index contributed by atoms with van der Waals surface area (Å²) in [5.41, 5.74) is -0.780. The average Bonchev–Trinajstić information content (AvgIpc) is 3.07. The molecule has 7 heteroatoms. The fourth-order valence-electron chi connectivity index (χ4n) is 2.83. The second-order valence-electron chi connectivity index (χ2n) is 8.59. The Morgan fingerprint density at radius 3 is 1.93 bits per heavy atom. The summed E-state index contributed by atoms with van der Waals surface area (Å²) in [6.07, 6.45) is 17.8. The number of likely N-dealkylation sites (N-methyl/N-ethyl adjacent to an activating group) is 1. The van der Waals surface area contributed by atoms with E-state index in [2.05, 4.69) is 11.9 Å². The van der Waals surface area contributed by atoms with Crippen LogP contribution in [0.1, 0.15) is 78.1 Å². The number of carbonyl (C=O) groups excluding carboxylic acids is 1. The fraction of sp³-hybridized carbons (Fsp3) is 0.810. The number of aromatic nitrogens is 2. The average molecular weight is 408 g/mol. The van der Waals surface area contributed by atoms with E-state index >= 15 is 0 Å². The van der Waals surface area contributed by atoms with Gasteiger partial charge in [-0.1, -0.05) is 58.3 Å². The number of aliphatic carboxylic acids is 1. The molecule has 1 unspecified atom stereocenters. The van der Waals surface area contributed by atoms with Gasteiger partial charge in [-0.15, -0.1) is 0 Å². The second kappa shape index (κ2) is 16.4. The van der Waals surface area contributed by atoms with E-state index in [1.165, 1.54) is 51.4 Å². The minimum atomic E-state index is -1.00. The first-order valence-electron chi connectivity index (χ1n) is 10.3. The van der Waals surface area contributed by atoms with Gasteiger partial charge in [0.1, 0.15) is 12.3 Å². The van der Waals surface area contributed by atoms with Crippen molar-refractivity contribution in [2.45, 2.75) is 83.8 Å². The second-order valence-corrected chi connectivity index (χ2v) is 8.59. The maximum absolute atomic E-state index is 10.3. The first-order chi connectivity index (χ1) is 12.6. The van der Waals surface area contributed by atoms with E-state index in [0.29, 0.717) is 4.48 Å². The Hall–Kier alpha value is -0.400. The Bertz CT molecular complexity index is 486. The molecule has 1 atom stereocenters. The number of aliphatic hydroxyl groups is 1. The third-order valence-electron chi connectivity index (χ3n) is 4.42. The van der Waals surface area contributed by atoms with Crippen LogP contribution in [0.3, 0.4) is 0 Å². The van der Waals surface area contributed by atoms with E-state index in [4.69, 9.17) is 0 Å². The molecule has 1 heterocycles. The number of unbranched alkanes of at least 4 members (excludes halogenated alkanes) is 8. The Morgan fingerprint density at radius 1 is 1.07 bits per heavy atom. The van der Waals surface area contributed by atoms with Crippen molar-refractivity contribution >= 4 is 35.5 Å². The molecule has 160 valence electrons. The van der Waals surface area contributed by atoms with Gasteiger partial charge in [0, 0.05) is 12.4 Å². The number of carboxylic acid groups (broad SMARTS) is 1. The number of carbonyl (C=O) groups is 1. The van der Waals surface area contributed by atoms with Crippen LogP contribution in [-0.2, 0) is 10.5 Å². The predicted molar refractivity (Wildman–Crippen MR) is 115 cm³/mol. The molecule has 0 aliphatic heterocycles. The summed E-state index contributed by atoms with van der Waals surface area (Å²) in [5, 5.41) is 20.2. The SMILES string of the molecule is CCCCCCCCCCCC(C)(O)n1ccnc1.C[N+](C)(C)CC(=O)[O-].[NaH]. The summed E-state index contributed by atoms with van der Waals surface area (Å²) in [6, 6.07) is 0. The Balaban J connectivity index is 0. The first kappa shape index (κ1) is 29.8. The van der Waals surface area contributed by atoms with Crippen molar-refractivity contribution in [3.05, 3.63) is 18.7 Å². The monoisotopic (exact) mass is 407 g/mol. The van der Waals surface area contributed by atoms with Crippen molar-refractivity contribution < 1.29 is 19.5 Å². The number of rotatable bonds is 13. The molecule has 1 aromatic rings. The van der Waals surface area contributed by atoms with Crippen LogP contribution in [0.2, 0.25) is 0 Å². The van der Waals surface area contributed by atoms with Crippen LogP contribution in [0, 0.1) is 0 Å². The topological polar surface area (TPSA) is 78.2 Å². The van der Waals surface area contributed by atoms with Crippen molar-refractivity contribution in [1.29, 1.82) is 0 Å². The molecule has 0 aliphatic rings. The normalized spacial score (nSPS) is 13.1. The number of quaternary nitrogens is 1. The molecule has 0 aromatic carbocycles. The van der Waals surface area contributed by atoms with Crippen molar-refractivity contribution in [1.82, 2.24) is 9.55 Å². The molecule has 0 saturated heterocycles. The Morgan fingerprint density at radius 2 is 1.57 bits per heavy atom. The molecule has 0 amide bonds. The maximum atomic E-state index is 10.3. The van der Waals surface area contributed by atoms with E-state index in [1.54, 1.807) is 38.2 Å². The van der Waals surface area contributed by atoms with Gasteiger partial charge >= 0.3 is 29.6 Å². The van der Waals surface area contributed by atoms with Crippen LogP contribution in [0.15, 0.2) is 18.7 Å². The van der Waals surface area contributed by atoms with Crippen LogP contribution in [0.4, 0.5) is 0 Å². The quantitative estimate of drug-likeness (QED) is 0.309. The summed E-state index contributed by atoms with van der Waals surface area (Å²) >= 11 is 0. The van der Waals surface area contributed by atoms with Gasteiger partial charge in [0.25, 0.3) is 0 Å². The van der Waals surface area contributed by atoms with Gasteiger partial charge in [0.2, 0.25) is 0 Å². The van der Waals surface area contributed by atoms with Gasteiger partial charge in [-0.05, 0) is 19.8 Å². The molecule has 0 saturated carbocycles. The van der Waals surface area contributed by atoms with Gasteiger partial charge in [0.05, 0.1) is 33.4 Å². The van der Waals surface area contributed by atoms with Crippen molar-refractivity contribution in [3.63, 3.8) is 0 Å². The Labute approximate surface area is 194 Å². The summed E-state index contributed by atoms with van der Waals surface area (Å²) in [7, 11) is 5.40. The predicted octanol–water partition coefficient (Wildman–Crippen LogP) is 2.26. The number of nitrogens with zero attached hydrogens (tertiary/aromatic N) is 3. The zero-order valence-electron chi connectivity index (χ0n) is 18.1. The van der Waals surface area contributed by atoms with Crippen molar-refractivity contribution in [3.8, 4) is 0 Å². The standard InChI is InChI=1S/C16H30N2O.C5H11NO2.Na.H/c1-3-4-5-6-7-8-9-10-11-12-16(2,19)18-14-13-17-15-18;1-6(2,3)4-5(7)8;;/h13-15,19H,3-12H2,1-2H3;4H2,1-3H3;;. The molecule has 0 spiro atoms. The molecule has 1 rings (SSSR count). The van der Waals surface area contributed by atoms with Crippen molar-refractivity contribution in [2.75, 3.05) is 27.7 Å². The molecule has 6 nitrogen and oxygen atoms in total. The van der Waals surface area contributed by atoms with Gasteiger partial charge in [-0.25, -0.2) is 4.98 Å². The number of imidazole rings is 1. The molecular formula is C21H42N3NaO3. The molecular weight excluding hydrogens is 365 g/mol. The number of hydrogen-bond acceptors (Lipinski definition) is 4. The van der Waals surface area contributed by atoms with E-state index < -0.39 is 11.7 Å². The van der Waals surface area contributed by atoms with Crippen LogP contribution >= 0.6 is 0 Å². The van der Waals surface area contributed by atoms with Crippen LogP contribution in [-0.4, -0.2) is 82.4 Å². The number of carboxylic acids is 1. The van der Waals surface area contributed by atoms with Gasteiger partial charge < -0.3 is 24.1 Å². The fourth-order valence-corrected chi connectivity index (χ4v) is 2.83. The van der Waals surface area contributed by atoms with Gasteiger partial charge in [0.15, 0.2) is 0 Å². The molecule has 0 aliphatic carbocycles. The van der Waals surface area contributed by atoms with Crippen molar-refractivity contribution in [2.24, 2.45) is 0 Å². The van der Waals surface area contributed by atoms with Crippen LogP contribution in [0.5, 0.6) is 0 Å². The number of hydrogen-bond donors (Lipinski definition) is 1. The zero-order valence-corrected chi connectivity index (χ0v) is 18.1. The zero-order chi connectivity index (χ0) is 20.8. The van der Waals surface area contributed by atoms with E-state index in [0.717, 1.165) is 12.8 Å². The molecule has 0 fully saturated rings. The molecule has 0 bridgehead atoms. The van der Waals surface area contributed by atoms with Crippen LogP contribution in [0.25, 0.3) is 0 Å². The van der Waals surface area contributed by atoms with Gasteiger partial charge in [-0.2, -0.15) is 0 Å².